The Balaban J connectivity index is 1.69. The first-order chi connectivity index (χ1) is 12.6. The van der Waals surface area contributed by atoms with Crippen molar-refractivity contribution in [1.29, 1.82) is 0 Å². The number of H-pyrrole nitrogens is 1. The van der Waals surface area contributed by atoms with E-state index in [1.807, 2.05) is 12.1 Å². The van der Waals surface area contributed by atoms with Crippen LogP contribution in [-0.4, -0.2) is 15.9 Å². The molecular formula is C19H12ClN3O3. The van der Waals surface area contributed by atoms with E-state index in [9.17, 15) is 9.59 Å². The summed E-state index contributed by atoms with van der Waals surface area (Å²) in [6, 6.07) is 17.4. The van der Waals surface area contributed by atoms with E-state index in [-0.39, 0.29) is 0 Å². The van der Waals surface area contributed by atoms with Crippen LogP contribution in [-0.2, 0) is 0 Å². The lowest BCUT2D eigenvalue weighted by molar-refractivity contribution is 0.573. The fourth-order valence-electron chi connectivity index (χ4n) is 2.56. The van der Waals surface area contributed by atoms with Gasteiger partial charge in [0.25, 0.3) is 5.56 Å². The molecule has 2 aromatic carbocycles. The predicted molar refractivity (Wildman–Crippen MR) is 101 cm³/mol. The molecule has 0 radical (unpaired) electrons. The van der Waals surface area contributed by atoms with E-state index in [1.165, 1.54) is 6.21 Å². The van der Waals surface area contributed by atoms with E-state index in [2.05, 4.69) is 10.1 Å². The van der Waals surface area contributed by atoms with Gasteiger partial charge in [-0.25, -0.2) is 4.79 Å². The Kier molecular flexibility index (Phi) is 4.02. The third-order valence-corrected chi connectivity index (χ3v) is 4.09. The molecule has 0 spiro atoms. The van der Waals surface area contributed by atoms with Gasteiger partial charge in [-0.15, -0.1) is 4.68 Å². The minimum atomic E-state index is -0.616. The van der Waals surface area contributed by atoms with Crippen molar-refractivity contribution in [3.63, 3.8) is 0 Å². The molecule has 2 heterocycles. The molecule has 0 bridgehead atoms. The van der Waals surface area contributed by atoms with Gasteiger partial charge in [0.2, 0.25) is 0 Å². The van der Waals surface area contributed by atoms with Crippen LogP contribution < -0.4 is 11.2 Å². The summed E-state index contributed by atoms with van der Waals surface area (Å²) in [7, 11) is 0. The van der Waals surface area contributed by atoms with Crippen LogP contribution in [0, 0.1) is 0 Å². The SMILES string of the molecule is O=c1[nH]c2ccccc2c(=O)n1N=Cc1ccc(-c2ccc(Cl)cc2)o1. The van der Waals surface area contributed by atoms with Crippen molar-refractivity contribution in [2.45, 2.75) is 0 Å². The summed E-state index contributed by atoms with van der Waals surface area (Å²) in [6.45, 7) is 0. The zero-order chi connectivity index (χ0) is 18.1. The summed E-state index contributed by atoms with van der Waals surface area (Å²) in [6.07, 6.45) is 1.32. The van der Waals surface area contributed by atoms with Crippen LogP contribution in [0.1, 0.15) is 5.76 Å². The van der Waals surface area contributed by atoms with Crippen LogP contribution in [0.4, 0.5) is 0 Å². The van der Waals surface area contributed by atoms with Crippen molar-refractivity contribution in [3.05, 3.63) is 92.3 Å². The van der Waals surface area contributed by atoms with Gasteiger partial charge in [0, 0.05) is 10.6 Å². The number of aromatic amines is 1. The first-order valence-corrected chi connectivity index (χ1v) is 8.14. The first kappa shape index (κ1) is 16.1. The molecule has 0 atom stereocenters. The predicted octanol–water partition coefficient (Wildman–Crippen LogP) is 3.49. The Labute approximate surface area is 152 Å². The van der Waals surface area contributed by atoms with Crippen LogP contribution in [0.25, 0.3) is 22.2 Å². The molecule has 0 unspecified atom stereocenters. The molecule has 128 valence electrons. The molecule has 7 heteroatoms. The molecule has 0 aliphatic carbocycles. The van der Waals surface area contributed by atoms with Gasteiger partial charge in [0.05, 0.1) is 17.1 Å². The maximum Gasteiger partial charge on any atom is 0.349 e. The van der Waals surface area contributed by atoms with Crippen LogP contribution >= 0.6 is 11.6 Å². The van der Waals surface area contributed by atoms with E-state index in [1.54, 1.807) is 48.5 Å². The third-order valence-electron chi connectivity index (χ3n) is 3.84. The van der Waals surface area contributed by atoms with E-state index in [0.717, 1.165) is 10.2 Å². The molecule has 0 saturated carbocycles. The van der Waals surface area contributed by atoms with Gasteiger partial charge in [0.1, 0.15) is 11.5 Å². The molecule has 6 nitrogen and oxygen atoms in total. The number of rotatable bonds is 3. The van der Waals surface area contributed by atoms with Crippen molar-refractivity contribution in [3.8, 4) is 11.3 Å². The molecule has 2 aromatic heterocycles. The average Bonchev–Trinajstić information content (AvgIpc) is 3.11. The summed E-state index contributed by atoms with van der Waals surface area (Å²) in [4.78, 5) is 27.1. The molecule has 4 rings (SSSR count). The van der Waals surface area contributed by atoms with Gasteiger partial charge in [0.15, 0.2) is 0 Å². The molecule has 4 aromatic rings. The molecule has 0 fully saturated rings. The fraction of sp³-hybridized carbons (Fsp3) is 0. The maximum atomic E-state index is 12.4. The van der Waals surface area contributed by atoms with Gasteiger partial charge >= 0.3 is 5.69 Å². The Morgan fingerprint density at radius 2 is 1.77 bits per heavy atom. The van der Waals surface area contributed by atoms with Crippen molar-refractivity contribution in [2.75, 3.05) is 0 Å². The molecule has 26 heavy (non-hydrogen) atoms. The zero-order valence-electron chi connectivity index (χ0n) is 13.3. The Hall–Kier alpha value is -3.38. The highest BCUT2D eigenvalue weighted by Crippen LogP contribution is 2.23. The van der Waals surface area contributed by atoms with E-state index in [0.29, 0.717) is 27.4 Å². The summed E-state index contributed by atoms with van der Waals surface area (Å²) in [5, 5.41) is 4.98. The lowest BCUT2D eigenvalue weighted by atomic mass is 10.2. The molecule has 1 N–H and O–H groups in total. The quantitative estimate of drug-likeness (QED) is 0.564. The maximum absolute atomic E-state index is 12.4. The third kappa shape index (κ3) is 2.98. The van der Waals surface area contributed by atoms with Crippen LogP contribution in [0.3, 0.4) is 0 Å². The standard InChI is InChI=1S/C19H12ClN3O3/c20-13-7-5-12(6-8-13)17-10-9-14(26-17)11-21-23-18(24)15-3-1-2-4-16(15)22-19(23)25/h1-11H,(H,22,25). The Morgan fingerprint density at radius 1 is 1.00 bits per heavy atom. The van der Waals surface area contributed by atoms with Crippen LogP contribution in [0.5, 0.6) is 0 Å². The highest BCUT2D eigenvalue weighted by molar-refractivity contribution is 6.30. The van der Waals surface area contributed by atoms with E-state index < -0.39 is 11.2 Å². The highest BCUT2D eigenvalue weighted by Gasteiger charge is 2.07. The molecule has 0 amide bonds. The highest BCUT2D eigenvalue weighted by atomic mass is 35.5. The second kappa shape index (κ2) is 6.50. The van der Waals surface area contributed by atoms with Crippen molar-refractivity contribution >= 4 is 28.7 Å². The number of nitrogens with zero attached hydrogens (tertiary/aromatic N) is 2. The van der Waals surface area contributed by atoms with E-state index in [4.69, 9.17) is 16.0 Å². The minimum Gasteiger partial charge on any atom is -0.455 e. The number of halogens is 1. The number of furan rings is 1. The monoisotopic (exact) mass is 365 g/mol. The number of para-hydroxylation sites is 1. The summed E-state index contributed by atoms with van der Waals surface area (Å²) >= 11 is 5.88. The van der Waals surface area contributed by atoms with Gasteiger partial charge in [-0.2, -0.15) is 5.10 Å². The summed E-state index contributed by atoms with van der Waals surface area (Å²) in [5.74, 6) is 1.04. The second-order valence-electron chi connectivity index (χ2n) is 5.55. The van der Waals surface area contributed by atoms with Crippen molar-refractivity contribution < 1.29 is 4.42 Å². The zero-order valence-corrected chi connectivity index (χ0v) is 14.1. The van der Waals surface area contributed by atoms with Crippen molar-refractivity contribution in [1.82, 2.24) is 9.66 Å². The Morgan fingerprint density at radius 3 is 2.58 bits per heavy atom. The number of hydrogen-bond acceptors (Lipinski definition) is 4. The number of benzene rings is 2. The first-order valence-electron chi connectivity index (χ1n) is 7.76. The number of aromatic nitrogens is 2. The molecule has 0 saturated heterocycles. The minimum absolute atomic E-state index is 0.380. The summed E-state index contributed by atoms with van der Waals surface area (Å²) in [5.41, 5.74) is 0.214. The number of fused-ring (bicyclic) bond motifs is 1. The largest absolute Gasteiger partial charge is 0.455 e. The van der Waals surface area contributed by atoms with Gasteiger partial charge < -0.3 is 9.40 Å². The smallest absolute Gasteiger partial charge is 0.349 e. The molecule has 0 aliphatic heterocycles. The number of nitrogens with one attached hydrogen (secondary N) is 1. The molecule has 0 aliphatic rings. The number of hydrogen-bond donors (Lipinski definition) is 1. The lowest BCUT2D eigenvalue weighted by Gasteiger charge is -2.00. The van der Waals surface area contributed by atoms with Crippen molar-refractivity contribution in [2.24, 2.45) is 5.10 Å². The van der Waals surface area contributed by atoms with Gasteiger partial charge in [-0.1, -0.05) is 23.7 Å². The molecular weight excluding hydrogens is 354 g/mol. The Bertz CT molecular complexity index is 1230. The second-order valence-corrected chi connectivity index (χ2v) is 5.98. The summed E-state index contributed by atoms with van der Waals surface area (Å²) < 4.78 is 6.45. The van der Waals surface area contributed by atoms with Gasteiger partial charge in [-0.3, -0.25) is 4.79 Å². The van der Waals surface area contributed by atoms with E-state index >= 15 is 0 Å². The van der Waals surface area contributed by atoms with Crippen LogP contribution in [0.2, 0.25) is 5.02 Å². The fourth-order valence-corrected chi connectivity index (χ4v) is 2.69. The average molecular weight is 366 g/mol. The lowest BCUT2D eigenvalue weighted by Crippen LogP contribution is -2.32. The van der Waals surface area contributed by atoms with Crippen LogP contribution in [0.15, 0.2) is 79.8 Å². The normalized spacial score (nSPS) is 11.4. The van der Waals surface area contributed by atoms with Gasteiger partial charge in [-0.05, 0) is 48.5 Å². The topological polar surface area (TPSA) is 80.4 Å².